The maximum absolute atomic E-state index is 12.8. The number of amides is 1. The minimum absolute atomic E-state index is 0.0103. The Morgan fingerprint density at radius 2 is 1.94 bits per heavy atom. The van der Waals surface area contributed by atoms with Gasteiger partial charge in [-0.05, 0) is 57.2 Å². The van der Waals surface area contributed by atoms with Crippen LogP contribution in [0, 0.1) is 0 Å². The van der Waals surface area contributed by atoms with Gasteiger partial charge in [-0.25, -0.2) is 4.98 Å². The Hall–Kier alpha value is -3.36. The van der Waals surface area contributed by atoms with E-state index in [0.717, 1.165) is 80.4 Å². The molecule has 2 aromatic carbocycles. The number of rotatable bonds is 4. The van der Waals surface area contributed by atoms with Crippen molar-refractivity contribution in [1.29, 1.82) is 0 Å². The van der Waals surface area contributed by atoms with E-state index in [2.05, 4.69) is 77.2 Å². The highest BCUT2D eigenvalue weighted by atomic mass is 32.1. The molecule has 186 valence electrons. The van der Waals surface area contributed by atoms with E-state index in [4.69, 9.17) is 9.72 Å². The largest absolute Gasteiger partial charge is 0.491 e. The van der Waals surface area contributed by atoms with Gasteiger partial charge in [0.05, 0.1) is 23.0 Å². The van der Waals surface area contributed by atoms with Crippen LogP contribution >= 0.6 is 11.3 Å². The number of thiophene rings is 1. The second-order valence-corrected chi connectivity index (χ2v) is 10.9. The van der Waals surface area contributed by atoms with Gasteiger partial charge in [0.25, 0.3) is 5.91 Å². The minimum Gasteiger partial charge on any atom is -0.491 e. The van der Waals surface area contributed by atoms with E-state index in [-0.39, 0.29) is 18.1 Å². The number of carbonyl (C=O) groups excluding carboxylic acids is 1. The fourth-order valence-electron chi connectivity index (χ4n) is 5.06. The van der Waals surface area contributed by atoms with Gasteiger partial charge in [0.2, 0.25) is 0 Å². The minimum atomic E-state index is -0.0103. The van der Waals surface area contributed by atoms with Crippen molar-refractivity contribution in [3.8, 4) is 17.0 Å². The summed E-state index contributed by atoms with van der Waals surface area (Å²) in [7, 11) is 0. The number of nitrogens with one attached hydrogen (secondary N) is 3. The maximum atomic E-state index is 12.8. The molecule has 0 saturated carbocycles. The number of anilines is 2. The van der Waals surface area contributed by atoms with Crippen molar-refractivity contribution in [2.75, 3.05) is 42.9 Å². The zero-order valence-corrected chi connectivity index (χ0v) is 21.7. The predicted molar refractivity (Wildman–Crippen MR) is 149 cm³/mol. The molecule has 0 spiro atoms. The number of fused-ring (bicyclic) bond motifs is 5. The van der Waals surface area contributed by atoms with Crippen molar-refractivity contribution >= 4 is 49.6 Å². The third-order valence-corrected chi connectivity index (χ3v) is 7.89. The summed E-state index contributed by atoms with van der Waals surface area (Å²) in [6, 6.07) is 14.9. The molecule has 0 unspecified atom stereocenters. The molecular weight excluding hydrogens is 470 g/mol. The molecule has 1 amide bonds. The van der Waals surface area contributed by atoms with Gasteiger partial charge in [0.1, 0.15) is 10.6 Å². The Kier molecular flexibility index (Phi) is 5.93. The molecule has 2 aliphatic heterocycles. The maximum Gasteiger partial charge on any atom is 0.263 e. The van der Waals surface area contributed by atoms with E-state index in [1.165, 1.54) is 11.3 Å². The van der Waals surface area contributed by atoms with Gasteiger partial charge < -0.3 is 25.6 Å². The molecule has 2 aliphatic rings. The monoisotopic (exact) mass is 501 g/mol. The van der Waals surface area contributed by atoms with Crippen molar-refractivity contribution in [3.63, 3.8) is 0 Å². The van der Waals surface area contributed by atoms with Gasteiger partial charge in [-0.2, -0.15) is 0 Å². The average molecular weight is 502 g/mol. The Labute approximate surface area is 214 Å². The third-order valence-electron chi connectivity index (χ3n) is 6.73. The molecule has 0 bridgehead atoms. The number of ether oxygens (including phenoxy) is 1. The van der Waals surface area contributed by atoms with Crippen molar-refractivity contribution in [2.45, 2.75) is 32.9 Å². The van der Waals surface area contributed by atoms with Gasteiger partial charge in [-0.1, -0.05) is 0 Å². The summed E-state index contributed by atoms with van der Waals surface area (Å²) in [5, 5.41) is 12.1. The molecule has 1 saturated heterocycles. The molecule has 1 fully saturated rings. The first-order valence-electron chi connectivity index (χ1n) is 12.6. The number of nitrogens with zero attached hydrogens (tertiary/aromatic N) is 2. The Morgan fingerprint density at radius 1 is 1.11 bits per heavy atom. The molecule has 0 radical (unpaired) electrons. The van der Waals surface area contributed by atoms with Crippen LogP contribution in [0.5, 0.6) is 5.75 Å². The quantitative estimate of drug-likeness (QED) is 0.371. The summed E-state index contributed by atoms with van der Waals surface area (Å²) in [6.45, 7) is 10.7. The number of pyridine rings is 1. The summed E-state index contributed by atoms with van der Waals surface area (Å²) in [5.41, 5.74) is 4.95. The van der Waals surface area contributed by atoms with Gasteiger partial charge in [0, 0.05) is 71.6 Å². The molecule has 6 rings (SSSR count). The van der Waals surface area contributed by atoms with E-state index in [9.17, 15) is 4.79 Å². The molecule has 36 heavy (non-hydrogen) atoms. The van der Waals surface area contributed by atoms with Crippen LogP contribution in [0.3, 0.4) is 0 Å². The summed E-state index contributed by atoms with van der Waals surface area (Å²) < 4.78 is 7.21. The van der Waals surface area contributed by atoms with Crippen LogP contribution in [0.4, 0.5) is 11.4 Å². The van der Waals surface area contributed by atoms with Crippen LogP contribution in [0.1, 0.15) is 30.4 Å². The molecular formula is C28H31N5O2S. The summed E-state index contributed by atoms with van der Waals surface area (Å²) >= 11 is 1.53. The zero-order valence-electron chi connectivity index (χ0n) is 20.9. The fourth-order valence-corrected chi connectivity index (χ4v) is 6.16. The molecule has 1 atom stereocenters. The molecule has 8 heteroatoms. The van der Waals surface area contributed by atoms with Crippen LogP contribution in [0.2, 0.25) is 0 Å². The topological polar surface area (TPSA) is 78.5 Å². The molecule has 4 aromatic rings. The first-order chi connectivity index (χ1) is 17.5. The number of carbonyl (C=O) groups is 1. The van der Waals surface area contributed by atoms with Crippen LogP contribution in [-0.4, -0.2) is 55.8 Å². The molecule has 4 heterocycles. The first-order valence-corrected chi connectivity index (χ1v) is 13.5. The van der Waals surface area contributed by atoms with E-state index >= 15 is 0 Å². The summed E-state index contributed by atoms with van der Waals surface area (Å²) in [4.78, 5) is 21.0. The Balaban J connectivity index is 1.45. The van der Waals surface area contributed by atoms with Crippen LogP contribution in [0.15, 0.2) is 42.5 Å². The zero-order chi connectivity index (χ0) is 24.8. The van der Waals surface area contributed by atoms with Gasteiger partial charge >= 0.3 is 0 Å². The fraction of sp³-hybridized carbons (Fsp3) is 0.357. The van der Waals surface area contributed by atoms with Crippen LogP contribution in [-0.2, 0) is 0 Å². The molecule has 7 nitrogen and oxygen atoms in total. The van der Waals surface area contributed by atoms with Crippen LogP contribution < -0.4 is 25.6 Å². The van der Waals surface area contributed by atoms with Gasteiger partial charge in [0.15, 0.2) is 0 Å². The van der Waals surface area contributed by atoms with Crippen molar-refractivity contribution in [1.82, 2.24) is 15.6 Å². The number of benzene rings is 2. The smallest absolute Gasteiger partial charge is 0.263 e. The summed E-state index contributed by atoms with van der Waals surface area (Å²) in [5.74, 6) is 0.852. The van der Waals surface area contributed by atoms with Crippen LogP contribution in [0.25, 0.3) is 32.2 Å². The Morgan fingerprint density at radius 3 is 2.75 bits per heavy atom. The van der Waals surface area contributed by atoms with Crippen molar-refractivity contribution < 1.29 is 9.53 Å². The molecule has 3 N–H and O–H groups in total. The number of piperazine rings is 1. The second kappa shape index (κ2) is 9.26. The standard InChI is InChI=1S/C28H31N5O2S/c1-16(2)35-20-13-18(12-19(14-20)33-10-8-29-9-11-33)22-5-4-21-23(32-22)6-7-24-25(21)26-27(36-24)28(34)31-17(3)15-30-26/h4-7,12-14,16-17,29-30H,8-11,15H2,1-3H3,(H,31,34)/t17-/m1/s1. The Bertz CT molecular complexity index is 1460. The SMILES string of the molecule is CC(C)Oc1cc(-c2ccc3c(ccc4sc5c(c43)NC[C@@H](C)NC5=O)n2)cc(N2CCNCC2)c1. The lowest BCUT2D eigenvalue weighted by Gasteiger charge is -2.30. The number of hydrogen-bond acceptors (Lipinski definition) is 7. The van der Waals surface area contributed by atoms with E-state index in [1.54, 1.807) is 0 Å². The lowest BCUT2D eigenvalue weighted by molar-refractivity contribution is 0.0949. The summed E-state index contributed by atoms with van der Waals surface area (Å²) in [6.07, 6.45) is 0.0928. The predicted octanol–water partition coefficient (Wildman–Crippen LogP) is 4.86. The van der Waals surface area contributed by atoms with Gasteiger partial charge in [-0.3, -0.25) is 4.79 Å². The normalized spacial score (nSPS) is 18.2. The third kappa shape index (κ3) is 4.24. The van der Waals surface area contributed by atoms with E-state index in [1.807, 2.05) is 6.92 Å². The highest BCUT2D eigenvalue weighted by molar-refractivity contribution is 7.21. The van der Waals surface area contributed by atoms with Gasteiger partial charge in [-0.15, -0.1) is 11.3 Å². The van der Waals surface area contributed by atoms with E-state index < -0.39 is 0 Å². The number of hydrogen-bond donors (Lipinski definition) is 3. The number of aromatic nitrogens is 1. The lowest BCUT2D eigenvalue weighted by atomic mass is 10.0. The van der Waals surface area contributed by atoms with Crippen molar-refractivity contribution in [2.24, 2.45) is 0 Å². The van der Waals surface area contributed by atoms with E-state index in [0.29, 0.717) is 6.54 Å². The molecule has 2 aromatic heterocycles. The first kappa shape index (κ1) is 23.1. The molecule has 0 aliphatic carbocycles. The average Bonchev–Trinajstić information content (AvgIpc) is 3.20. The van der Waals surface area contributed by atoms with Crippen molar-refractivity contribution in [3.05, 3.63) is 47.3 Å². The highest BCUT2D eigenvalue weighted by Gasteiger charge is 2.25. The highest BCUT2D eigenvalue weighted by Crippen LogP contribution is 2.41. The lowest BCUT2D eigenvalue weighted by Crippen LogP contribution is -2.43. The second-order valence-electron chi connectivity index (χ2n) is 9.88.